The summed E-state index contributed by atoms with van der Waals surface area (Å²) in [5.41, 5.74) is 2.91. The third kappa shape index (κ3) is 4.31. The quantitative estimate of drug-likeness (QED) is 0.427. The van der Waals surface area contributed by atoms with Gasteiger partial charge in [0.25, 0.3) is 5.91 Å². The first-order valence-electron chi connectivity index (χ1n) is 12.7. The fourth-order valence-corrected chi connectivity index (χ4v) is 5.21. The summed E-state index contributed by atoms with van der Waals surface area (Å²) in [5, 5.41) is 2.85. The van der Waals surface area contributed by atoms with Crippen molar-refractivity contribution in [2.75, 3.05) is 20.1 Å². The summed E-state index contributed by atoms with van der Waals surface area (Å²) in [4.78, 5) is 23.8. The molecule has 2 fully saturated rings. The van der Waals surface area contributed by atoms with Crippen LogP contribution in [0.3, 0.4) is 0 Å². The lowest BCUT2D eigenvalue weighted by Crippen LogP contribution is -2.38. The van der Waals surface area contributed by atoms with Gasteiger partial charge >= 0.3 is 0 Å². The number of amides is 1. The van der Waals surface area contributed by atoms with Crippen molar-refractivity contribution < 1.29 is 13.6 Å². The van der Waals surface area contributed by atoms with E-state index in [-0.39, 0.29) is 11.6 Å². The highest BCUT2D eigenvalue weighted by molar-refractivity contribution is 5.96. The van der Waals surface area contributed by atoms with Gasteiger partial charge < -0.3 is 10.2 Å². The molecule has 0 radical (unpaired) electrons. The van der Waals surface area contributed by atoms with Crippen molar-refractivity contribution >= 4 is 11.6 Å². The second-order valence-corrected chi connectivity index (χ2v) is 10.5. The summed E-state index contributed by atoms with van der Waals surface area (Å²) < 4.78 is 34.4. The predicted molar refractivity (Wildman–Crippen MR) is 137 cm³/mol. The monoisotopic (exact) mass is 504 g/mol. The highest BCUT2D eigenvalue weighted by atomic mass is 19.1. The van der Waals surface area contributed by atoms with E-state index in [2.05, 4.69) is 20.2 Å². The molecular weight excluding hydrogens is 474 g/mol. The first-order valence-corrected chi connectivity index (χ1v) is 12.7. The zero-order chi connectivity index (χ0) is 25.9. The molecule has 1 aliphatic carbocycles. The number of hydrogen-bond acceptors (Lipinski definition) is 4. The molecule has 0 atom stereocenters. The van der Waals surface area contributed by atoms with E-state index in [0.717, 1.165) is 29.9 Å². The Morgan fingerprint density at radius 2 is 1.84 bits per heavy atom. The number of hydrogen-bond donors (Lipinski definition) is 1. The third-order valence-electron chi connectivity index (χ3n) is 7.69. The number of piperidine rings is 1. The van der Waals surface area contributed by atoms with Crippen molar-refractivity contribution in [1.29, 1.82) is 0 Å². The zero-order valence-corrected chi connectivity index (χ0v) is 21.3. The smallest absolute Gasteiger partial charge is 0.254 e. The Labute approximate surface area is 214 Å². The molecule has 1 N–H and O–H groups in total. The van der Waals surface area contributed by atoms with Gasteiger partial charge in [0.15, 0.2) is 0 Å². The summed E-state index contributed by atoms with van der Waals surface area (Å²) in [5.74, 6) is -0.227. The molecule has 1 aliphatic heterocycles. The van der Waals surface area contributed by atoms with Gasteiger partial charge in [0, 0.05) is 42.7 Å². The number of aromatic nitrogens is 4. The molecule has 1 aromatic carbocycles. The van der Waals surface area contributed by atoms with E-state index >= 15 is 4.39 Å². The van der Waals surface area contributed by atoms with Crippen LogP contribution in [0, 0.1) is 19.7 Å². The number of carbonyl (C=O) groups is 1. The molecule has 0 unspecified atom stereocenters. The summed E-state index contributed by atoms with van der Waals surface area (Å²) in [6.07, 6.45) is 9.84. The van der Waals surface area contributed by atoms with Gasteiger partial charge in [-0.25, -0.2) is 18.7 Å². The molecule has 1 saturated heterocycles. The van der Waals surface area contributed by atoms with Crippen LogP contribution in [0.1, 0.15) is 52.7 Å². The number of aryl methyl sites for hydroxylation is 2. The summed E-state index contributed by atoms with van der Waals surface area (Å²) in [6, 6.07) is 5.00. The first-order chi connectivity index (χ1) is 17.7. The van der Waals surface area contributed by atoms with Crippen molar-refractivity contribution in [2.45, 2.75) is 51.2 Å². The predicted octanol–water partition coefficient (Wildman–Crippen LogP) is 4.73. The first kappa shape index (κ1) is 23.8. The van der Waals surface area contributed by atoms with Crippen molar-refractivity contribution in [3.8, 4) is 17.1 Å². The SMILES string of the molecule is Cc1cc(F)c(C(=O)NC2CC2)cc1-c1cn(-c2cnc3cc(C)c(C4(F)CCN(C)CC4)cn23)cn1. The molecule has 4 aromatic rings. The molecule has 6 rings (SSSR count). The Morgan fingerprint density at radius 1 is 1.08 bits per heavy atom. The van der Waals surface area contributed by atoms with Gasteiger partial charge in [0.2, 0.25) is 0 Å². The van der Waals surface area contributed by atoms with Gasteiger partial charge in [0.05, 0.1) is 17.5 Å². The second-order valence-electron chi connectivity index (χ2n) is 10.5. The van der Waals surface area contributed by atoms with Crippen LogP contribution in [0.2, 0.25) is 0 Å². The van der Waals surface area contributed by atoms with Crippen molar-refractivity contribution in [3.63, 3.8) is 0 Å². The average molecular weight is 505 g/mol. The standard InChI is InChI=1S/C28H30F2N6O/c1-17-10-23(29)21(27(37)33-19-4-5-19)12-20(17)24-15-35(16-32-24)26-13-31-25-11-18(2)22(14-36(25)26)28(30)6-8-34(3)9-7-28/h10-16,19H,4-9H2,1-3H3,(H,33,37). The lowest BCUT2D eigenvalue weighted by atomic mass is 9.85. The van der Waals surface area contributed by atoms with Crippen LogP contribution in [-0.2, 0) is 5.67 Å². The topological polar surface area (TPSA) is 67.5 Å². The zero-order valence-electron chi connectivity index (χ0n) is 21.3. The number of imidazole rings is 2. The fourth-order valence-electron chi connectivity index (χ4n) is 5.21. The van der Waals surface area contributed by atoms with Crippen LogP contribution in [0.25, 0.3) is 22.7 Å². The van der Waals surface area contributed by atoms with Gasteiger partial charge in [-0.15, -0.1) is 0 Å². The molecule has 0 bridgehead atoms. The maximum absolute atomic E-state index is 16.1. The lowest BCUT2D eigenvalue weighted by molar-refractivity contribution is 0.0664. The number of nitrogens with zero attached hydrogens (tertiary/aromatic N) is 5. The van der Waals surface area contributed by atoms with E-state index in [9.17, 15) is 9.18 Å². The minimum atomic E-state index is -1.38. The lowest BCUT2D eigenvalue weighted by Gasteiger charge is -2.35. The number of carbonyl (C=O) groups excluding carboxylic acids is 1. The molecule has 3 aromatic heterocycles. The molecule has 1 saturated carbocycles. The summed E-state index contributed by atoms with van der Waals surface area (Å²) in [6.45, 7) is 5.17. The second kappa shape index (κ2) is 8.76. The maximum Gasteiger partial charge on any atom is 0.254 e. The molecule has 1 amide bonds. The number of fused-ring (bicyclic) bond motifs is 1. The minimum absolute atomic E-state index is 0.0170. The van der Waals surface area contributed by atoms with E-state index in [4.69, 9.17) is 0 Å². The van der Waals surface area contributed by atoms with Crippen molar-refractivity contribution in [2.24, 2.45) is 0 Å². The third-order valence-corrected chi connectivity index (χ3v) is 7.69. The van der Waals surface area contributed by atoms with Crippen LogP contribution >= 0.6 is 0 Å². The molecule has 4 heterocycles. The highest BCUT2D eigenvalue weighted by Gasteiger charge is 2.37. The number of alkyl halides is 1. The molecule has 0 spiro atoms. The number of likely N-dealkylation sites (tertiary alicyclic amines) is 1. The van der Waals surface area contributed by atoms with Crippen LogP contribution in [0.15, 0.2) is 43.1 Å². The van der Waals surface area contributed by atoms with Gasteiger partial charge in [0.1, 0.15) is 29.3 Å². The van der Waals surface area contributed by atoms with Crippen molar-refractivity contribution in [1.82, 2.24) is 29.2 Å². The van der Waals surface area contributed by atoms with Crippen LogP contribution in [0.5, 0.6) is 0 Å². The van der Waals surface area contributed by atoms with Gasteiger partial charge in [-0.3, -0.25) is 13.8 Å². The van der Waals surface area contributed by atoms with E-state index in [0.29, 0.717) is 48.3 Å². The van der Waals surface area contributed by atoms with Crippen LogP contribution < -0.4 is 5.32 Å². The molecule has 2 aliphatic rings. The number of rotatable bonds is 5. The molecule has 192 valence electrons. The highest BCUT2D eigenvalue weighted by Crippen LogP contribution is 2.39. The van der Waals surface area contributed by atoms with E-state index < -0.39 is 17.4 Å². The summed E-state index contributed by atoms with van der Waals surface area (Å²) in [7, 11) is 2.02. The average Bonchev–Trinajstić information content (AvgIpc) is 3.38. The van der Waals surface area contributed by atoms with E-state index in [1.54, 1.807) is 25.5 Å². The van der Waals surface area contributed by atoms with Gasteiger partial charge in [-0.2, -0.15) is 0 Å². The molecular formula is C28H30F2N6O. The van der Waals surface area contributed by atoms with Crippen LogP contribution in [0.4, 0.5) is 8.78 Å². The largest absolute Gasteiger partial charge is 0.349 e. The fraction of sp³-hybridized carbons (Fsp3) is 0.393. The maximum atomic E-state index is 16.1. The number of nitrogens with one attached hydrogen (secondary N) is 1. The molecule has 7 nitrogen and oxygen atoms in total. The Balaban J connectivity index is 1.36. The van der Waals surface area contributed by atoms with Gasteiger partial charge in [-0.1, -0.05) is 0 Å². The minimum Gasteiger partial charge on any atom is -0.349 e. The van der Waals surface area contributed by atoms with Crippen molar-refractivity contribution in [3.05, 3.63) is 71.2 Å². The van der Waals surface area contributed by atoms with Crippen LogP contribution in [-0.4, -0.2) is 55.9 Å². The normalized spacial score (nSPS) is 17.9. The Bertz CT molecular complexity index is 1510. The Hall–Kier alpha value is -3.59. The van der Waals surface area contributed by atoms with Gasteiger partial charge in [-0.05, 0) is 75.9 Å². The van der Waals surface area contributed by atoms with E-state index in [1.807, 2.05) is 41.4 Å². The Morgan fingerprint density at radius 3 is 2.57 bits per heavy atom. The number of pyridine rings is 1. The van der Waals surface area contributed by atoms with E-state index in [1.165, 1.54) is 6.07 Å². The number of halogens is 2. The Kier molecular flexibility index (Phi) is 5.63. The summed E-state index contributed by atoms with van der Waals surface area (Å²) >= 11 is 0. The number of benzene rings is 1. The molecule has 37 heavy (non-hydrogen) atoms. The molecule has 9 heteroatoms.